The average molecular weight is 317 g/mol. The number of nitrogens with zero attached hydrogens (tertiary/aromatic N) is 1. The van der Waals surface area contributed by atoms with Crippen LogP contribution in [0.4, 0.5) is 0 Å². The number of halogens is 2. The number of hydrogen-bond donors (Lipinski definition) is 1. The smallest absolute Gasteiger partial charge is 0.253 e. The van der Waals surface area contributed by atoms with Gasteiger partial charge in [-0.05, 0) is 62.4 Å². The number of carbonyl (C=O) groups is 1. The summed E-state index contributed by atoms with van der Waals surface area (Å²) in [4.78, 5) is 14.4. The highest BCUT2D eigenvalue weighted by Crippen LogP contribution is 2.22. The van der Waals surface area contributed by atoms with Crippen LogP contribution < -0.4 is 5.73 Å². The van der Waals surface area contributed by atoms with Gasteiger partial charge in [0.25, 0.3) is 5.91 Å². The zero-order valence-electron chi connectivity index (χ0n) is 11.8. The molecular formula is C15H22Cl2N2O. The molecule has 1 amide bonds. The van der Waals surface area contributed by atoms with E-state index in [-0.39, 0.29) is 18.3 Å². The number of rotatable bonds is 3. The molecule has 0 radical (unpaired) electrons. The molecule has 0 aromatic heterocycles. The molecule has 1 saturated heterocycles. The SMILES string of the molecule is Cc1cc(Cl)cc(C(=O)N2CCCC(CCN)C2)c1.Cl. The van der Waals surface area contributed by atoms with Crippen LogP contribution in [0.2, 0.25) is 5.02 Å². The largest absolute Gasteiger partial charge is 0.338 e. The van der Waals surface area contributed by atoms with E-state index in [9.17, 15) is 4.79 Å². The minimum atomic E-state index is 0. The Kier molecular flexibility index (Phi) is 6.80. The van der Waals surface area contributed by atoms with E-state index in [0.29, 0.717) is 23.0 Å². The molecule has 1 atom stereocenters. The van der Waals surface area contributed by atoms with Crippen LogP contribution in [0.3, 0.4) is 0 Å². The van der Waals surface area contributed by atoms with Gasteiger partial charge < -0.3 is 10.6 Å². The molecule has 3 nitrogen and oxygen atoms in total. The zero-order valence-corrected chi connectivity index (χ0v) is 13.3. The summed E-state index contributed by atoms with van der Waals surface area (Å²) in [5.41, 5.74) is 7.32. The molecule has 1 fully saturated rings. The molecule has 2 rings (SSSR count). The van der Waals surface area contributed by atoms with E-state index in [1.807, 2.05) is 24.0 Å². The third-order valence-electron chi connectivity index (χ3n) is 3.67. The van der Waals surface area contributed by atoms with Crippen molar-refractivity contribution in [2.24, 2.45) is 11.7 Å². The van der Waals surface area contributed by atoms with Gasteiger partial charge in [-0.1, -0.05) is 11.6 Å². The number of nitrogens with two attached hydrogens (primary N) is 1. The molecule has 0 spiro atoms. The first-order valence-corrected chi connectivity index (χ1v) is 7.24. The minimum Gasteiger partial charge on any atom is -0.338 e. The molecular weight excluding hydrogens is 295 g/mol. The number of carbonyl (C=O) groups excluding carboxylic acids is 1. The Morgan fingerprint density at radius 2 is 2.20 bits per heavy atom. The summed E-state index contributed by atoms with van der Waals surface area (Å²) in [5, 5.41) is 0.624. The van der Waals surface area contributed by atoms with Crippen LogP contribution in [-0.2, 0) is 0 Å². The van der Waals surface area contributed by atoms with Crippen molar-refractivity contribution in [3.8, 4) is 0 Å². The Labute approximate surface area is 131 Å². The normalized spacial score (nSPS) is 18.6. The molecule has 112 valence electrons. The standard InChI is InChI=1S/C15H21ClN2O.ClH/c1-11-7-13(9-14(16)8-11)15(19)18-6-2-3-12(10-18)4-5-17;/h7-9,12H,2-6,10,17H2,1H3;1H. The summed E-state index contributed by atoms with van der Waals surface area (Å²) < 4.78 is 0. The lowest BCUT2D eigenvalue weighted by molar-refractivity contribution is 0.0669. The van der Waals surface area contributed by atoms with Crippen LogP contribution in [-0.4, -0.2) is 30.4 Å². The maximum absolute atomic E-state index is 12.5. The van der Waals surface area contributed by atoms with Crippen molar-refractivity contribution in [3.05, 3.63) is 34.3 Å². The van der Waals surface area contributed by atoms with Crippen molar-refractivity contribution in [3.63, 3.8) is 0 Å². The first-order chi connectivity index (χ1) is 9.10. The van der Waals surface area contributed by atoms with E-state index in [1.165, 1.54) is 6.42 Å². The maximum Gasteiger partial charge on any atom is 0.253 e. The predicted molar refractivity (Wildman–Crippen MR) is 85.7 cm³/mol. The first kappa shape index (κ1) is 17.3. The Morgan fingerprint density at radius 3 is 2.85 bits per heavy atom. The second-order valence-electron chi connectivity index (χ2n) is 5.35. The van der Waals surface area contributed by atoms with E-state index < -0.39 is 0 Å². The molecule has 1 aromatic rings. The van der Waals surface area contributed by atoms with Gasteiger partial charge in [0.05, 0.1) is 0 Å². The van der Waals surface area contributed by atoms with Crippen molar-refractivity contribution in [1.82, 2.24) is 4.90 Å². The fourth-order valence-corrected chi connectivity index (χ4v) is 3.05. The molecule has 2 N–H and O–H groups in total. The monoisotopic (exact) mass is 316 g/mol. The fraction of sp³-hybridized carbons (Fsp3) is 0.533. The Hall–Kier alpha value is -0.770. The van der Waals surface area contributed by atoms with Crippen LogP contribution >= 0.6 is 24.0 Å². The fourth-order valence-electron chi connectivity index (χ4n) is 2.76. The lowest BCUT2D eigenvalue weighted by atomic mass is 9.94. The first-order valence-electron chi connectivity index (χ1n) is 6.86. The second kappa shape index (κ2) is 7.87. The number of piperidine rings is 1. The lowest BCUT2D eigenvalue weighted by Crippen LogP contribution is -2.40. The van der Waals surface area contributed by atoms with Crippen molar-refractivity contribution in [1.29, 1.82) is 0 Å². The van der Waals surface area contributed by atoms with E-state index in [1.54, 1.807) is 6.07 Å². The summed E-state index contributed by atoms with van der Waals surface area (Å²) in [6.07, 6.45) is 3.24. The van der Waals surface area contributed by atoms with Crippen molar-refractivity contribution >= 4 is 29.9 Å². The highest BCUT2D eigenvalue weighted by molar-refractivity contribution is 6.31. The topological polar surface area (TPSA) is 46.3 Å². The van der Waals surface area contributed by atoms with E-state index in [2.05, 4.69) is 0 Å². The van der Waals surface area contributed by atoms with Gasteiger partial charge in [0.15, 0.2) is 0 Å². The quantitative estimate of drug-likeness (QED) is 0.930. The molecule has 0 aliphatic carbocycles. The third-order valence-corrected chi connectivity index (χ3v) is 3.89. The van der Waals surface area contributed by atoms with E-state index in [0.717, 1.165) is 31.5 Å². The molecule has 1 aliphatic heterocycles. The number of amides is 1. The Morgan fingerprint density at radius 1 is 1.45 bits per heavy atom. The predicted octanol–water partition coefficient (Wildman–Crippen LogP) is 3.27. The Bertz CT molecular complexity index is 443. The molecule has 0 saturated carbocycles. The molecule has 0 bridgehead atoms. The number of hydrogen-bond acceptors (Lipinski definition) is 2. The summed E-state index contributed by atoms with van der Waals surface area (Å²) in [6.45, 7) is 4.31. The summed E-state index contributed by atoms with van der Waals surface area (Å²) in [6, 6.07) is 5.52. The molecule has 5 heteroatoms. The minimum absolute atomic E-state index is 0. The molecule has 1 heterocycles. The molecule has 20 heavy (non-hydrogen) atoms. The molecule has 1 aromatic carbocycles. The summed E-state index contributed by atoms with van der Waals surface area (Å²) >= 11 is 6.02. The number of likely N-dealkylation sites (tertiary alicyclic amines) is 1. The van der Waals surface area contributed by atoms with Crippen molar-refractivity contribution < 1.29 is 4.79 Å². The van der Waals surface area contributed by atoms with Gasteiger partial charge in [-0.3, -0.25) is 4.79 Å². The Balaban J connectivity index is 0.00000200. The molecule has 1 aliphatic rings. The average Bonchev–Trinajstić information content (AvgIpc) is 2.37. The molecule has 1 unspecified atom stereocenters. The van der Waals surface area contributed by atoms with Crippen LogP contribution in [0.1, 0.15) is 35.2 Å². The number of aryl methyl sites for hydroxylation is 1. The van der Waals surface area contributed by atoms with Gasteiger partial charge in [-0.2, -0.15) is 0 Å². The van der Waals surface area contributed by atoms with Crippen molar-refractivity contribution in [2.75, 3.05) is 19.6 Å². The van der Waals surface area contributed by atoms with Gasteiger partial charge in [-0.25, -0.2) is 0 Å². The highest BCUT2D eigenvalue weighted by Gasteiger charge is 2.24. The summed E-state index contributed by atoms with van der Waals surface area (Å²) in [5.74, 6) is 0.635. The van der Waals surface area contributed by atoms with Gasteiger partial charge in [0.1, 0.15) is 0 Å². The lowest BCUT2D eigenvalue weighted by Gasteiger charge is -2.32. The van der Waals surface area contributed by atoms with Crippen molar-refractivity contribution in [2.45, 2.75) is 26.2 Å². The maximum atomic E-state index is 12.5. The van der Waals surface area contributed by atoms with E-state index in [4.69, 9.17) is 17.3 Å². The van der Waals surface area contributed by atoms with Gasteiger partial charge in [-0.15, -0.1) is 12.4 Å². The zero-order chi connectivity index (χ0) is 13.8. The second-order valence-corrected chi connectivity index (χ2v) is 5.79. The highest BCUT2D eigenvalue weighted by atomic mass is 35.5. The number of benzene rings is 1. The summed E-state index contributed by atoms with van der Waals surface area (Å²) in [7, 11) is 0. The van der Waals surface area contributed by atoms with E-state index >= 15 is 0 Å². The van der Waals surface area contributed by atoms with Crippen LogP contribution in [0.15, 0.2) is 18.2 Å². The van der Waals surface area contributed by atoms with Gasteiger partial charge in [0, 0.05) is 23.7 Å². The van der Waals surface area contributed by atoms with Crippen LogP contribution in [0, 0.1) is 12.8 Å². The van der Waals surface area contributed by atoms with Crippen LogP contribution in [0.25, 0.3) is 0 Å². The van der Waals surface area contributed by atoms with Gasteiger partial charge >= 0.3 is 0 Å². The van der Waals surface area contributed by atoms with Crippen LogP contribution in [0.5, 0.6) is 0 Å². The third kappa shape index (κ3) is 4.37. The van der Waals surface area contributed by atoms with Gasteiger partial charge in [0.2, 0.25) is 0 Å².